The van der Waals surface area contributed by atoms with Gasteiger partial charge in [-0.2, -0.15) is 10.3 Å². The molecular weight excluding hydrogens is 400 g/mol. The number of hydrogen-bond acceptors (Lipinski definition) is 7. The van der Waals surface area contributed by atoms with Crippen molar-refractivity contribution in [1.29, 1.82) is 0 Å². The van der Waals surface area contributed by atoms with E-state index in [0.717, 1.165) is 0 Å². The molecule has 1 aliphatic heterocycles. The predicted molar refractivity (Wildman–Crippen MR) is 110 cm³/mol. The third-order valence-corrected chi connectivity index (χ3v) is 4.82. The number of aromatic amines is 1. The molecule has 1 aromatic heterocycles. The Bertz CT molecular complexity index is 1090. The molecule has 0 saturated heterocycles. The molecule has 0 bridgehead atoms. The Morgan fingerprint density at radius 1 is 1.00 bits per heavy atom. The first-order chi connectivity index (χ1) is 15.1. The Kier molecular flexibility index (Phi) is 5.74. The van der Waals surface area contributed by atoms with Crippen LogP contribution in [0.15, 0.2) is 48.5 Å². The second-order valence-electron chi connectivity index (χ2n) is 6.78. The van der Waals surface area contributed by atoms with Crippen molar-refractivity contribution in [2.75, 3.05) is 19.8 Å². The average Bonchev–Trinajstić information content (AvgIpc) is 3.37. The topological polar surface area (TPSA) is 114 Å². The van der Waals surface area contributed by atoms with Crippen LogP contribution in [0.3, 0.4) is 0 Å². The summed E-state index contributed by atoms with van der Waals surface area (Å²) in [5.41, 5.74) is 2.10. The number of benzene rings is 2. The SMILES string of the molecule is CCOC(=O)c1n[nH]nc1-c1ccc(OCCCN2C(=O)c3ccccc3C2=O)cc1. The number of amides is 2. The Labute approximate surface area is 178 Å². The van der Waals surface area contributed by atoms with Crippen LogP contribution in [0.5, 0.6) is 5.75 Å². The van der Waals surface area contributed by atoms with Crippen LogP contribution in [0, 0.1) is 0 Å². The Hall–Kier alpha value is -4.01. The van der Waals surface area contributed by atoms with Gasteiger partial charge in [-0.15, -0.1) is 5.10 Å². The van der Waals surface area contributed by atoms with Gasteiger partial charge in [0.15, 0.2) is 5.69 Å². The van der Waals surface area contributed by atoms with Crippen LogP contribution in [-0.4, -0.2) is 57.9 Å². The molecule has 0 aliphatic carbocycles. The van der Waals surface area contributed by atoms with E-state index in [4.69, 9.17) is 9.47 Å². The molecule has 3 aromatic rings. The minimum absolute atomic E-state index is 0.122. The van der Waals surface area contributed by atoms with Gasteiger partial charge >= 0.3 is 5.97 Å². The van der Waals surface area contributed by atoms with Crippen LogP contribution in [0.4, 0.5) is 0 Å². The third kappa shape index (κ3) is 4.02. The number of hydrogen-bond donors (Lipinski definition) is 1. The van der Waals surface area contributed by atoms with Crippen LogP contribution in [0.25, 0.3) is 11.3 Å². The molecule has 2 amide bonds. The van der Waals surface area contributed by atoms with Crippen LogP contribution < -0.4 is 4.74 Å². The highest BCUT2D eigenvalue weighted by molar-refractivity contribution is 6.21. The van der Waals surface area contributed by atoms with Crippen molar-refractivity contribution in [2.45, 2.75) is 13.3 Å². The molecule has 31 heavy (non-hydrogen) atoms. The highest BCUT2D eigenvalue weighted by Crippen LogP contribution is 2.24. The Morgan fingerprint density at radius 3 is 2.32 bits per heavy atom. The monoisotopic (exact) mass is 420 g/mol. The number of aromatic nitrogens is 3. The van der Waals surface area contributed by atoms with E-state index < -0.39 is 5.97 Å². The van der Waals surface area contributed by atoms with Gasteiger partial charge in [-0.05, 0) is 49.7 Å². The van der Waals surface area contributed by atoms with Crippen LogP contribution in [0.1, 0.15) is 44.5 Å². The smallest absolute Gasteiger partial charge is 0.361 e. The molecule has 0 spiro atoms. The number of H-pyrrole nitrogens is 1. The zero-order valence-electron chi connectivity index (χ0n) is 16.8. The lowest BCUT2D eigenvalue weighted by atomic mass is 10.1. The molecule has 4 rings (SSSR count). The van der Waals surface area contributed by atoms with Crippen molar-refractivity contribution >= 4 is 17.8 Å². The molecule has 0 saturated carbocycles. The van der Waals surface area contributed by atoms with E-state index in [0.29, 0.717) is 41.2 Å². The fraction of sp³-hybridized carbons (Fsp3) is 0.227. The highest BCUT2D eigenvalue weighted by Gasteiger charge is 2.34. The molecule has 0 fully saturated rings. The summed E-state index contributed by atoms with van der Waals surface area (Å²) >= 11 is 0. The lowest BCUT2D eigenvalue weighted by molar-refractivity contribution is 0.0519. The second kappa shape index (κ2) is 8.78. The van der Waals surface area contributed by atoms with E-state index in [1.54, 1.807) is 55.5 Å². The zero-order valence-corrected chi connectivity index (χ0v) is 16.8. The van der Waals surface area contributed by atoms with E-state index in [-0.39, 0.29) is 30.7 Å². The maximum absolute atomic E-state index is 12.4. The molecule has 1 N–H and O–H groups in total. The van der Waals surface area contributed by atoms with Gasteiger partial charge in [0.2, 0.25) is 0 Å². The van der Waals surface area contributed by atoms with Gasteiger partial charge in [-0.25, -0.2) is 4.79 Å². The quantitative estimate of drug-likeness (QED) is 0.338. The minimum Gasteiger partial charge on any atom is -0.494 e. The fourth-order valence-corrected chi connectivity index (χ4v) is 3.34. The van der Waals surface area contributed by atoms with E-state index in [2.05, 4.69) is 15.4 Å². The van der Waals surface area contributed by atoms with Crippen molar-refractivity contribution in [1.82, 2.24) is 20.3 Å². The van der Waals surface area contributed by atoms with E-state index in [9.17, 15) is 14.4 Å². The molecule has 2 heterocycles. The van der Waals surface area contributed by atoms with Crippen LogP contribution >= 0.6 is 0 Å². The Balaban J connectivity index is 1.31. The average molecular weight is 420 g/mol. The summed E-state index contributed by atoms with van der Waals surface area (Å²) in [6.07, 6.45) is 0.503. The summed E-state index contributed by atoms with van der Waals surface area (Å²) in [5.74, 6) is -0.461. The van der Waals surface area contributed by atoms with Crippen molar-refractivity contribution in [3.05, 3.63) is 65.4 Å². The van der Waals surface area contributed by atoms with E-state index in [1.807, 2.05) is 0 Å². The first-order valence-corrected chi connectivity index (χ1v) is 9.86. The fourth-order valence-electron chi connectivity index (χ4n) is 3.34. The molecule has 0 radical (unpaired) electrons. The van der Waals surface area contributed by atoms with Gasteiger partial charge in [-0.1, -0.05) is 12.1 Å². The molecule has 2 aromatic carbocycles. The van der Waals surface area contributed by atoms with Crippen molar-refractivity contribution in [2.24, 2.45) is 0 Å². The molecule has 1 aliphatic rings. The molecule has 9 nitrogen and oxygen atoms in total. The van der Waals surface area contributed by atoms with Gasteiger partial charge in [0.1, 0.15) is 11.4 Å². The lowest BCUT2D eigenvalue weighted by Gasteiger charge is -2.14. The predicted octanol–water partition coefficient (Wildman–Crippen LogP) is 2.71. The summed E-state index contributed by atoms with van der Waals surface area (Å²) < 4.78 is 10.7. The molecule has 0 atom stereocenters. The lowest BCUT2D eigenvalue weighted by Crippen LogP contribution is -2.31. The van der Waals surface area contributed by atoms with Crippen LogP contribution in [0.2, 0.25) is 0 Å². The summed E-state index contributed by atoms with van der Waals surface area (Å²) in [7, 11) is 0. The third-order valence-electron chi connectivity index (χ3n) is 4.82. The normalized spacial score (nSPS) is 12.7. The summed E-state index contributed by atoms with van der Waals surface area (Å²) in [4.78, 5) is 37.9. The molecule has 9 heteroatoms. The summed E-state index contributed by atoms with van der Waals surface area (Å²) in [5, 5.41) is 10.3. The minimum atomic E-state index is -0.542. The van der Waals surface area contributed by atoms with Gasteiger partial charge in [0.05, 0.1) is 24.3 Å². The van der Waals surface area contributed by atoms with Crippen LogP contribution in [-0.2, 0) is 4.74 Å². The van der Waals surface area contributed by atoms with Gasteiger partial charge in [0.25, 0.3) is 11.8 Å². The van der Waals surface area contributed by atoms with Gasteiger partial charge in [0, 0.05) is 12.1 Å². The van der Waals surface area contributed by atoms with Gasteiger partial charge in [-0.3, -0.25) is 14.5 Å². The number of nitrogens with one attached hydrogen (secondary N) is 1. The number of rotatable bonds is 8. The maximum Gasteiger partial charge on any atom is 0.361 e. The highest BCUT2D eigenvalue weighted by atomic mass is 16.5. The summed E-state index contributed by atoms with van der Waals surface area (Å²) in [6.45, 7) is 2.59. The number of imide groups is 1. The number of carbonyl (C=O) groups excluding carboxylic acids is 3. The largest absolute Gasteiger partial charge is 0.494 e. The van der Waals surface area contributed by atoms with E-state index in [1.165, 1.54) is 4.90 Å². The standard InChI is InChI=1S/C22H20N4O5/c1-2-30-22(29)19-18(23-25-24-19)14-8-10-15(11-9-14)31-13-5-12-26-20(27)16-6-3-4-7-17(16)21(26)28/h3-4,6-11H,2,5,12-13H2,1H3,(H,23,24,25). The first kappa shape index (κ1) is 20.3. The van der Waals surface area contributed by atoms with Crippen molar-refractivity contribution < 1.29 is 23.9 Å². The second-order valence-corrected chi connectivity index (χ2v) is 6.78. The number of fused-ring (bicyclic) bond motifs is 1. The van der Waals surface area contributed by atoms with Gasteiger partial charge < -0.3 is 9.47 Å². The maximum atomic E-state index is 12.4. The van der Waals surface area contributed by atoms with E-state index >= 15 is 0 Å². The molecule has 158 valence electrons. The molecular formula is C22H20N4O5. The molecule has 0 unspecified atom stereocenters. The van der Waals surface area contributed by atoms with Crippen molar-refractivity contribution in [3.8, 4) is 17.0 Å². The number of esters is 1. The number of carbonyl (C=O) groups is 3. The summed E-state index contributed by atoms with van der Waals surface area (Å²) in [6, 6.07) is 13.8. The first-order valence-electron chi connectivity index (χ1n) is 9.86. The number of nitrogens with zero attached hydrogens (tertiary/aromatic N) is 3. The zero-order chi connectivity index (χ0) is 21.8. The Morgan fingerprint density at radius 2 is 1.68 bits per heavy atom. The number of ether oxygens (including phenoxy) is 2. The van der Waals surface area contributed by atoms with Crippen molar-refractivity contribution in [3.63, 3.8) is 0 Å².